The minimum atomic E-state index is -0.301. The van der Waals surface area contributed by atoms with Gasteiger partial charge in [-0.3, -0.25) is 0 Å². The first kappa shape index (κ1) is 18.3. The lowest BCUT2D eigenvalue weighted by Crippen LogP contribution is -2.30. The minimum Gasteiger partial charge on any atom is -0.362 e. The fourth-order valence-electron chi connectivity index (χ4n) is 1.82. The van der Waals surface area contributed by atoms with Gasteiger partial charge in [0.15, 0.2) is 5.11 Å². The summed E-state index contributed by atoms with van der Waals surface area (Å²) in [6, 6.07) is 11.7. The molecule has 0 unspecified atom stereocenters. The van der Waals surface area contributed by atoms with E-state index in [9.17, 15) is 4.39 Å². The number of hydrogen-bond donors (Lipinski definition) is 2. The predicted molar refractivity (Wildman–Crippen MR) is 103 cm³/mol. The second kappa shape index (κ2) is 9.33. The Morgan fingerprint density at radius 1 is 1.13 bits per heavy atom. The third-order valence-corrected chi connectivity index (χ3v) is 4.86. The van der Waals surface area contributed by atoms with Gasteiger partial charge in [0, 0.05) is 33.8 Å². The van der Waals surface area contributed by atoms with Crippen molar-refractivity contribution in [2.24, 2.45) is 0 Å². The molecule has 2 rings (SSSR count). The van der Waals surface area contributed by atoms with Crippen molar-refractivity contribution in [2.75, 3.05) is 17.6 Å². The van der Waals surface area contributed by atoms with Crippen LogP contribution in [0.4, 0.5) is 10.1 Å². The average Bonchev–Trinajstić information content (AvgIpc) is 2.49. The van der Waals surface area contributed by atoms with Gasteiger partial charge in [0.2, 0.25) is 0 Å². The number of halogens is 3. The Morgan fingerprint density at radius 2 is 1.83 bits per heavy atom. The topological polar surface area (TPSA) is 24.1 Å². The van der Waals surface area contributed by atoms with E-state index in [1.165, 1.54) is 12.1 Å². The fraction of sp³-hybridized carbons (Fsp3) is 0.188. The zero-order valence-electron chi connectivity index (χ0n) is 12.1. The Bertz CT molecular complexity index is 663. The molecule has 0 saturated heterocycles. The molecule has 0 bridgehead atoms. The molecule has 2 aromatic rings. The third-order valence-electron chi connectivity index (χ3n) is 2.92. The lowest BCUT2D eigenvalue weighted by Gasteiger charge is -2.11. The van der Waals surface area contributed by atoms with Crippen molar-refractivity contribution in [1.29, 1.82) is 0 Å². The lowest BCUT2D eigenvalue weighted by atomic mass is 10.2. The van der Waals surface area contributed by atoms with Gasteiger partial charge in [0.1, 0.15) is 5.82 Å². The molecule has 0 spiro atoms. The molecule has 0 aliphatic carbocycles. The van der Waals surface area contributed by atoms with E-state index in [0.29, 0.717) is 27.4 Å². The van der Waals surface area contributed by atoms with Crippen LogP contribution in [-0.2, 0) is 5.75 Å². The molecule has 0 fully saturated rings. The molecule has 0 heterocycles. The number of nitrogens with one attached hydrogen (secondary N) is 2. The molecule has 23 heavy (non-hydrogen) atoms. The third kappa shape index (κ3) is 6.18. The van der Waals surface area contributed by atoms with Gasteiger partial charge in [-0.15, -0.1) is 0 Å². The van der Waals surface area contributed by atoms with Gasteiger partial charge in [-0.05, 0) is 48.1 Å². The van der Waals surface area contributed by atoms with Crippen molar-refractivity contribution < 1.29 is 4.39 Å². The summed E-state index contributed by atoms with van der Waals surface area (Å²) in [4.78, 5) is 0. The van der Waals surface area contributed by atoms with Gasteiger partial charge in [0.05, 0.1) is 0 Å². The maximum absolute atomic E-state index is 13.1. The van der Waals surface area contributed by atoms with E-state index in [-0.39, 0.29) is 5.82 Å². The molecular formula is C16H15Cl2FN2S2. The Morgan fingerprint density at radius 3 is 2.52 bits per heavy atom. The van der Waals surface area contributed by atoms with Crippen LogP contribution in [0.3, 0.4) is 0 Å². The van der Waals surface area contributed by atoms with Crippen LogP contribution in [0.15, 0.2) is 42.5 Å². The number of hydrogen-bond acceptors (Lipinski definition) is 2. The average molecular weight is 389 g/mol. The normalized spacial score (nSPS) is 10.4. The monoisotopic (exact) mass is 388 g/mol. The first-order valence-corrected chi connectivity index (χ1v) is 9.19. The summed E-state index contributed by atoms with van der Waals surface area (Å²) in [5.74, 6) is 1.28. The summed E-state index contributed by atoms with van der Waals surface area (Å²) in [7, 11) is 0. The van der Waals surface area contributed by atoms with E-state index >= 15 is 0 Å². The second-order valence-corrected chi connectivity index (χ2v) is 6.97. The molecule has 122 valence electrons. The molecule has 0 radical (unpaired) electrons. The Balaban J connectivity index is 1.68. The summed E-state index contributed by atoms with van der Waals surface area (Å²) >= 11 is 19.1. The highest BCUT2D eigenvalue weighted by molar-refractivity contribution is 7.98. The smallest absolute Gasteiger partial charge is 0.170 e. The highest BCUT2D eigenvalue weighted by Crippen LogP contribution is 2.27. The zero-order chi connectivity index (χ0) is 16.7. The molecule has 0 aliphatic rings. The lowest BCUT2D eigenvalue weighted by molar-refractivity contribution is 0.628. The van der Waals surface area contributed by atoms with Crippen LogP contribution < -0.4 is 10.6 Å². The van der Waals surface area contributed by atoms with Gasteiger partial charge in [0.25, 0.3) is 0 Å². The maximum atomic E-state index is 13.1. The molecule has 0 aromatic heterocycles. The van der Waals surface area contributed by atoms with Crippen LogP contribution in [0, 0.1) is 5.82 Å². The Kier molecular flexibility index (Phi) is 7.43. The summed E-state index contributed by atoms with van der Waals surface area (Å²) in [5, 5.41) is 7.84. The number of anilines is 1. The molecule has 0 aliphatic heterocycles. The molecule has 7 heteroatoms. The van der Waals surface area contributed by atoms with Crippen molar-refractivity contribution in [3.05, 3.63) is 63.9 Å². The van der Waals surface area contributed by atoms with E-state index in [1.54, 1.807) is 23.9 Å². The van der Waals surface area contributed by atoms with Gasteiger partial charge < -0.3 is 10.6 Å². The van der Waals surface area contributed by atoms with Gasteiger partial charge in [-0.2, -0.15) is 11.8 Å². The van der Waals surface area contributed by atoms with Crippen molar-refractivity contribution in [1.82, 2.24) is 5.32 Å². The van der Waals surface area contributed by atoms with Crippen LogP contribution in [0.2, 0.25) is 10.0 Å². The molecule has 0 saturated carbocycles. The van der Waals surface area contributed by atoms with E-state index in [2.05, 4.69) is 10.6 Å². The molecule has 0 atom stereocenters. The van der Waals surface area contributed by atoms with Crippen molar-refractivity contribution in [3.63, 3.8) is 0 Å². The van der Waals surface area contributed by atoms with E-state index in [4.69, 9.17) is 35.4 Å². The maximum Gasteiger partial charge on any atom is 0.170 e. The largest absolute Gasteiger partial charge is 0.362 e. The molecular weight excluding hydrogens is 374 g/mol. The highest BCUT2D eigenvalue weighted by atomic mass is 35.5. The van der Waals surface area contributed by atoms with Crippen molar-refractivity contribution in [2.45, 2.75) is 5.75 Å². The molecule has 2 N–H and O–H groups in total. The first-order chi connectivity index (χ1) is 11.1. The quantitative estimate of drug-likeness (QED) is 0.514. The minimum absolute atomic E-state index is 0.301. The number of benzene rings is 2. The van der Waals surface area contributed by atoms with E-state index in [1.807, 2.05) is 18.2 Å². The summed E-state index contributed by atoms with van der Waals surface area (Å²) in [6.45, 7) is 0.688. The van der Waals surface area contributed by atoms with Crippen molar-refractivity contribution in [3.8, 4) is 0 Å². The van der Waals surface area contributed by atoms with E-state index < -0.39 is 0 Å². The fourth-order valence-corrected chi connectivity index (χ4v) is 3.64. The van der Waals surface area contributed by atoms with Gasteiger partial charge in [-0.1, -0.05) is 35.3 Å². The predicted octanol–water partition coefficient (Wildman–Crippen LogP) is 5.35. The Hall–Kier alpha value is -1.01. The Labute approximate surface area is 154 Å². The highest BCUT2D eigenvalue weighted by Gasteiger charge is 2.05. The standard InChI is InChI=1S/C16H15Cl2FN2S2/c17-14-5-2-6-15(18)13(14)10-23-8-7-20-16(22)21-12-4-1-3-11(19)9-12/h1-6,9H,7-8,10H2,(H2,20,21,22). The first-order valence-electron chi connectivity index (χ1n) is 6.87. The SMILES string of the molecule is Fc1cccc(NC(=S)NCCSCc2c(Cl)cccc2Cl)c1. The van der Waals surface area contributed by atoms with Gasteiger partial charge in [-0.25, -0.2) is 4.39 Å². The van der Waals surface area contributed by atoms with Gasteiger partial charge >= 0.3 is 0 Å². The van der Waals surface area contributed by atoms with Crippen LogP contribution in [0.1, 0.15) is 5.56 Å². The summed E-state index contributed by atoms with van der Waals surface area (Å²) < 4.78 is 13.1. The summed E-state index contributed by atoms with van der Waals surface area (Å²) in [5.41, 5.74) is 1.57. The number of rotatable bonds is 6. The number of thiocarbonyl (C=S) groups is 1. The number of thioether (sulfide) groups is 1. The molecule has 2 nitrogen and oxygen atoms in total. The van der Waals surface area contributed by atoms with Crippen LogP contribution in [0.5, 0.6) is 0 Å². The summed E-state index contributed by atoms with van der Waals surface area (Å²) in [6.07, 6.45) is 0. The zero-order valence-corrected chi connectivity index (χ0v) is 15.3. The van der Waals surface area contributed by atoms with Crippen LogP contribution in [-0.4, -0.2) is 17.4 Å². The molecule has 2 aromatic carbocycles. The van der Waals surface area contributed by atoms with Crippen LogP contribution >= 0.6 is 47.2 Å². The van der Waals surface area contributed by atoms with Crippen LogP contribution in [0.25, 0.3) is 0 Å². The van der Waals surface area contributed by atoms with E-state index in [0.717, 1.165) is 17.1 Å². The molecule has 0 amide bonds. The van der Waals surface area contributed by atoms with Crippen molar-refractivity contribution >= 4 is 58.0 Å². The second-order valence-electron chi connectivity index (χ2n) is 4.64.